The number of amides is 1. The van der Waals surface area contributed by atoms with Gasteiger partial charge < -0.3 is 5.32 Å². The molecule has 0 aliphatic rings. The molecule has 0 spiro atoms. The molecule has 108 valence electrons. The zero-order valence-electron chi connectivity index (χ0n) is 10.8. The standard InChI is InChI=1S/C14H11ClN2OS3/c15-12-3-2-11(21-12)10-8-20-14(16-10)17-13(18)4-1-9-5-6-19-7-9/h2-3,5-8H,1,4H2,(H,16,17,18). The Morgan fingerprint density at radius 3 is 2.90 bits per heavy atom. The maximum atomic E-state index is 11.9. The maximum absolute atomic E-state index is 11.9. The summed E-state index contributed by atoms with van der Waals surface area (Å²) in [5, 5.41) is 9.49. The summed E-state index contributed by atoms with van der Waals surface area (Å²) >= 11 is 10.5. The van der Waals surface area contributed by atoms with E-state index >= 15 is 0 Å². The molecule has 3 aromatic rings. The van der Waals surface area contributed by atoms with E-state index < -0.39 is 0 Å². The fourth-order valence-electron chi connectivity index (χ4n) is 1.77. The number of thiophene rings is 2. The van der Waals surface area contributed by atoms with Crippen molar-refractivity contribution in [2.75, 3.05) is 5.32 Å². The first-order chi connectivity index (χ1) is 10.2. The highest BCUT2D eigenvalue weighted by Crippen LogP contribution is 2.32. The number of nitrogens with one attached hydrogen (secondary N) is 1. The number of carbonyl (C=O) groups excluding carboxylic acids is 1. The van der Waals surface area contributed by atoms with Gasteiger partial charge in [0.1, 0.15) is 0 Å². The quantitative estimate of drug-likeness (QED) is 0.687. The van der Waals surface area contributed by atoms with Crippen LogP contribution in [0.2, 0.25) is 4.34 Å². The van der Waals surface area contributed by atoms with Crippen molar-refractivity contribution in [2.45, 2.75) is 12.8 Å². The molecule has 21 heavy (non-hydrogen) atoms. The van der Waals surface area contributed by atoms with Crippen LogP contribution in [0.5, 0.6) is 0 Å². The molecule has 0 saturated carbocycles. The number of aryl methyl sites for hydroxylation is 1. The van der Waals surface area contributed by atoms with E-state index in [2.05, 4.69) is 15.7 Å². The van der Waals surface area contributed by atoms with Crippen LogP contribution in [0.4, 0.5) is 5.13 Å². The summed E-state index contributed by atoms with van der Waals surface area (Å²) in [6.45, 7) is 0. The van der Waals surface area contributed by atoms with Crippen LogP contribution in [0.15, 0.2) is 34.3 Å². The topological polar surface area (TPSA) is 42.0 Å². The fourth-order valence-corrected chi connectivity index (χ4v) is 4.28. The van der Waals surface area contributed by atoms with Crippen molar-refractivity contribution in [1.29, 1.82) is 0 Å². The summed E-state index contributed by atoms with van der Waals surface area (Å²) in [4.78, 5) is 17.3. The first-order valence-electron chi connectivity index (χ1n) is 6.23. The fraction of sp³-hybridized carbons (Fsp3) is 0.143. The lowest BCUT2D eigenvalue weighted by Gasteiger charge is -2.00. The van der Waals surface area contributed by atoms with Gasteiger partial charge in [0.25, 0.3) is 0 Å². The first-order valence-corrected chi connectivity index (χ1v) is 9.24. The van der Waals surface area contributed by atoms with Crippen LogP contribution in [0, 0.1) is 0 Å². The van der Waals surface area contributed by atoms with E-state index in [1.165, 1.54) is 28.2 Å². The Labute approximate surface area is 139 Å². The second-order valence-electron chi connectivity index (χ2n) is 4.32. The van der Waals surface area contributed by atoms with E-state index in [0.717, 1.165) is 21.3 Å². The molecule has 0 radical (unpaired) electrons. The molecular formula is C14H11ClN2OS3. The molecular weight excluding hydrogens is 344 g/mol. The van der Waals surface area contributed by atoms with Gasteiger partial charge in [-0.1, -0.05) is 11.6 Å². The molecule has 0 saturated heterocycles. The molecule has 0 fully saturated rings. The van der Waals surface area contributed by atoms with E-state index in [1.54, 1.807) is 11.3 Å². The number of hydrogen-bond donors (Lipinski definition) is 1. The monoisotopic (exact) mass is 354 g/mol. The number of rotatable bonds is 5. The Hall–Kier alpha value is -1.21. The number of hydrogen-bond acceptors (Lipinski definition) is 5. The van der Waals surface area contributed by atoms with E-state index in [-0.39, 0.29) is 5.91 Å². The van der Waals surface area contributed by atoms with E-state index in [4.69, 9.17) is 11.6 Å². The molecule has 3 aromatic heterocycles. The van der Waals surface area contributed by atoms with Crippen LogP contribution < -0.4 is 5.32 Å². The molecule has 0 bridgehead atoms. The number of halogens is 1. The van der Waals surface area contributed by atoms with E-state index in [0.29, 0.717) is 11.6 Å². The zero-order valence-corrected chi connectivity index (χ0v) is 14.0. The molecule has 1 amide bonds. The van der Waals surface area contributed by atoms with E-state index in [1.807, 2.05) is 29.0 Å². The molecule has 7 heteroatoms. The molecule has 3 heterocycles. The van der Waals surface area contributed by atoms with Gasteiger partial charge in [0.15, 0.2) is 5.13 Å². The van der Waals surface area contributed by atoms with Gasteiger partial charge in [-0.2, -0.15) is 11.3 Å². The predicted octanol–water partition coefficient (Wildman–Crippen LogP) is 5.16. The first kappa shape index (κ1) is 14.7. The third kappa shape index (κ3) is 3.91. The van der Waals surface area contributed by atoms with Gasteiger partial charge in [0, 0.05) is 11.8 Å². The number of anilines is 1. The normalized spacial score (nSPS) is 10.7. The molecule has 0 unspecified atom stereocenters. The van der Waals surface area contributed by atoms with Gasteiger partial charge in [-0.25, -0.2) is 4.98 Å². The second kappa shape index (κ2) is 6.70. The van der Waals surface area contributed by atoms with Crippen LogP contribution in [0.3, 0.4) is 0 Å². The molecule has 0 aromatic carbocycles. The van der Waals surface area contributed by atoms with Gasteiger partial charge in [-0.15, -0.1) is 22.7 Å². The van der Waals surface area contributed by atoms with Crippen molar-refractivity contribution < 1.29 is 4.79 Å². The van der Waals surface area contributed by atoms with Crippen molar-refractivity contribution in [1.82, 2.24) is 4.98 Å². The summed E-state index contributed by atoms with van der Waals surface area (Å²) in [6, 6.07) is 5.82. The largest absolute Gasteiger partial charge is 0.302 e. The molecule has 1 N–H and O–H groups in total. The van der Waals surface area contributed by atoms with Crippen molar-refractivity contribution in [3.05, 3.63) is 44.2 Å². The second-order valence-corrected chi connectivity index (χ2v) is 7.67. The lowest BCUT2D eigenvalue weighted by Crippen LogP contribution is -2.11. The Kier molecular flexibility index (Phi) is 4.70. The lowest BCUT2D eigenvalue weighted by molar-refractivity contribution is -0.116. The SMILES string of the molecule is O=C(CCc1ccsc1)Nc1nc(-c2ccc(Cl)s2)cs1. The van der Waals surface area contributed by atoms with Gasteiger partial charge in [-0.3, -0.25) is 4.79 Å². The van der Waals surface area contributed by atoms with Crippen LogP contribution in [0.1, 0.15) is 12.0 Å². The molecule has 0 aliphatic carbocycles. The summed E-state index contributed by atoms with van der Waals surface area (Å²) < 4.78 is 0.736. The van der Waals surface area contributed by atoms with E-state index in [9.17, 15) is 4.79 Å². The Morgan fingerprint density at radius 2 is 2.19 bits per heavy atom. The van der Waals surface area contributed by atoms with Crippen LogP contribution in [0.25, 0.3) is 10.6 Å². The Bertz CT molecular complexity index is 733. The van der Waals surface area contributed by atoms with Crippen molar-refractivity contribution in [3.8, 4) is 10.6 Å². The molecule has 3 rings (SSSR count). The Morgan fingerprint density at radius 1 is 1.29 bits per heavy atom. The van der Waals surface area contributed by atoms with Crippen LogP contribution in [-0.4, -0.2) is 10.9 Å². The number of aromatic nitrogens is 1. The van der Waals surface area contributed by atoms with Crippen LogP contribution >= 0.6 is 45.6 Å². The molecule has 0 aliphatic heterocycles. The molecule has 0 atom stereocenters. The summed E-state index contributed by atoms with van der Waals surface area (Å²) in [7, 11) is 0. The molecule has 3 nitrogen and oxygen atoms in total. The predicted molar refractivity (Wildman–Crippen MR) is 91.7 cm³/mol. The average Bonchev–Trinajstić information content (AvgIpc) is 3.17. The number of nitrogens with zero attached hydrogens (tertiary/aromatic N) is 1. The summed E-state index contributed by atoms with van der Waals surface area (Å²) in [5.74, 6) is -0.00804. The van der Waals surface area contributed by atoms with Gasteiger partial charge in [0.2, 0.25) is 5.91 Å². The maximum Gasteiger partial charge on any atom is 0.226 e. The highest BCUT2D eigenvalue weighted by atomic mass is 35.5. The Balaban J connectivity index is 1.58. The third-order valence-corrected chi connectivity index (χ3v) is 5.54. The van der Waals surface area contributed by atoms with Crippen molar-refractivity contribution >= 4 is 56.7 Å². The van der Waals surface area contributed by atoms with Gasteiger partial charge >= 0.3 is 0 Å². The zero-order chi connectivity index (χ0) is 14.7. The van der Waals surface area contributed by atoms with Gasteiger partial charge in [-0.05, 0) is 40.9 Å². The number of thiazole rings is 1. The third-order valence-electron chi connectivity index (χ3n) is 2.80. The highest BCUT2D eigenvalue weighted by Gasteiger charge is 2.10. The summed E-state index contributed by atoms with van der Waals surface area (Å²) in [5.41, 5.74) is 2.05. The van der Waals surface area contributed by atoms with Crippen molar-refractivity contribution in [2.24, 2.45) is 0 Å². The minimum absolute atomic E-state index is 0.00804. The number of carbonyl (C=O) groups is 1. The minimum atomic E-state index is -0.00804. The average molecular weight is 355 g/mol. The lowest BCUT2D eigenvalue weighted by atomic mass is 10.2. The highest BCUT2D eigenvalue weighted by molar-refractivity contribution is 7.20. The van der Waals surface area contributed by atoms with Gasteiger partial charge in [0.05, 0.1) is 14.9 Å². The van der Waals surface area contributed by atoms with Crippen molar-refractivity contribution in [3.63, 3.8) is 0 Å². The van der Waals surface area contributed by atoms with Crippen LogP contribution in [-0.2, 0) is 11.2 Å². The summed E-state index contributed by atoms with van der Waals surface area (Å²) in [6.07, 6.45) is 1.23. The smallest absolute Gasteiger partial charge is 0.226 e. The minimum Gasteiger partial charge on any atom is -0.302 e.